The number of ether oxygens (including phenoxy) is 1. The van der Waals surface area contributed by atoms with Crippen molar-refractivity contribution in [2.75, 3.05) is 13.2 Å². The molecule has 2 amide bonds. The van der Waals surface area contributed by atoms with Crippen molar-refractivity contribution in [1.29, 1.82) is 0 Å². The lowest BCUT2D eigenvalue weighted by Crippen LogP contribution is -2.44. The predicted molar refractivity (Wildman–Crippen MR) is 91.6 cm³/mol. The van der Waals surface area contributed by atoms with Crippen molar-refractivity contribution in [3.8, 4) is 0 Å². The van der Waals surface area contributed by atoms with Crippen molar-refractivity contribution in [2.45, 2.75) is 47.1 Å². The maximum atomic E-state index is 12.4. The van der Waals surface area contributed by atoms with Crippen LogP contribution in [0.5, 0.6) is 0 Å². The summed E-state index contributed by atoms with van der Waals surface area (Å²) in [7, 11) is 0. The summed E-state index contributed by atoms with van der Waals surface area (Å²) in [6.07, 6.45) is 0.324. The van der Waals surface area contributed by atoms with Crippen molar-refractivity contribution in [3.05, 3.63) is 34.9 Å². The van der Waals surface area contributed by atoms with Crippen LogP contribution in [0.1, 0.15) is 48.7 Å². The van der Waals surface area contributed by atoms with Gasteiger partial charge in [0.1, 0.15) is 0 Å². The number of aryl methyl sites for hydroxylation is 2. The third kappa shape index (κ3) is 6.72. The lowest BCUT2D eigenvalue weighted by atomic mass is 10.0. The Kier molecular flexibility index (Phi) is 7.59. The zero-order valence-electron chi connectivity index (χ0n) is 14.7. The summed E-state index contributed by atoms with van der Waals surface area (Å²) in [5, 5.41) is 5.72. The lowest BCUT2D eigenvalue weighted by Gasteiger charge is -2.21. The van der Waals surface area contributed by atoms with Gasteiger partial charge in [-0.1, -0.05) is 31.5 Å². The molecule has 0 bridgehead atoms. The van der Waals surface area contributed by atoms with Gasteiger partial charge in [0.2, 0.25) is 0 Å². The van der Waals surface area contributed by atoms with Crippen molar-refractivity contribution >= 4 is 12.0 Å². The van der Waals surface area contributed by atoms with Crippen molar-refractivity contribution in [1.82, 2.24) is 10.6 Å². The molecule has 0 radical (unpaired) electrons. The molecule has 1 atom stereocenters. The normalized spacial score (nSPS) is 11.9. The number of amides is 2. The van der Waals surface area contributed by atoms with Gasteiger partial charge in [-0.15, -0.1) is 0 Å². The van der Waals surface area contributed by atoms with Crippen LogP contribution in [0.15, 0.2) is 18.2 Å². The Labute approximate surface area is 138 Å². The third-order valence-electron chi connectivity index (χ3n) is 3.50. The topological polar surface area (TPSA) is 67.4 Å². The first kappa shape index (κ1) is 19.0. The lowest BCUT2D eigenvalue weighted by molar-refractivity contribution is 0.0944. The zero-order chi connectivity index (χ0) is 17.4. The number of hydrogen-bond acceptors (Lipinski definition) is 3. The molecule has 0 saturated carbocycles. The van der Waals surface area contributed by atoms with Gasteiger partial charge in [-0.2, -0.15) is 0 Å². The summed E-state index contributed by atoms with van der Waals surface area (Å²) in [6, 6.07) is 5.65. The van der Waals surface area contributed by atoms with Crippen LogP contribution in [0.4, 0.5) is 4.79 Å². The first-order chi connectivity index (χ1) is 10.8. The Morgan fingerprint density at radius 3 is 2.52 bits per heavy atom. The molecule has 1 rings (SSSR count). The first-order valence-electron chi connectivity index (χ1n) is 8.12. The smallest absolute Gasteiger partial charge is 0.407 e. The Morgan fingerprint density at radius 1 is 1.22 bits per heavy atom. The van der Waals surface area contributed by atoms with Gasteiger partial charge in [0.25, 0.3) is 5.91 Å². The van der Waals surface area contributed by atoms with Gasteiger partial charge in [0.05, 0.1) is 6.61 Å². The molecule has 0 aliphatic heterocycles. The van der Waals surface area contributed by atoms with E-state index in [2.05, 4.69) is 24.5 Å². The number of benzene rings is 1. The summed E-state index contributed by atoms with van der Waals surface area (Å²) in [5.74, 6) is 0.283. The van der Waals surface area contributed by atoms with E-state index >= 15 is 0 Å². The molecule has 5 heteroatoms. The molecule has 0 fully saturated rings. The summed E-state index contributed by atoms with van der Waals surface area (Å²) in [4.78, 5) is 24.0. The van der Waals surface area contributed by atoms with Gasteiger partial charge in [0.15, 0.2) is 0 Å². The molecule has 0 aliphatic carbocycles. The number of carbonyl (C=O) groups is 2. The van der Waals surface area contributed by atoms with Crippen LogP contribution >= 0.6 is 0 Å². The van der Waals surface area contributed by atoms with Crippen LogP contribution in [0, 0.1) is 19.8 Å². The molecule has 128 valence electrons. The second-order valence-electron chi connectivity index (χ2n) is 6.22. The van der Waals surface area contributed by atoms with E-state index < -0.39 is 6.09 Å². The molecule has 0 saturated heterocycles. The average molecular weight is 320 g/mol. The SMILES string of the molecule is CCOC(=O)N[C@H](CNC(=O)c1cc(C)ccc1C)CC(C)C. The highest BCUT2D eigenvalue weighted by molar-refractivity contribution is 5.95. The van der Waals surface area contributed by atoms with E-state index in [0.717, 1.165) is 17.5 Å². The Balaban J connectivity index is 2.67. The number of carbonyl (C=O) groups excluding carboxylic acids is 2. The molecule has 1 aromatic rings. The van der Waals surface area contributed by atoms with Crippen molar-refractivity contribution in [3.63, 3.8) is 0 Å². The standard InChI is InChI=1S/C18H28N2O3/c1-6-23-18(22)20-15(9-12(2)3)11-19-17(21)16-10-13(4)7-8-14(16)5/h7-8,10,12,15H,6,9,11H2,1-5H3,(H,19,21)(H,20,22)/t15-/m0/s1. The van der Waals surface area contributed by atoms with Gasteiger partial charge in [-0.05, 0) is 44.7 Å². The molecular weight excluding hydrogens is 292 g/mol. The quantitative estimate of drug-likeness (QED) is 0.811. The fraction of sp³-hybridized carbons (Fsp3) is 0.556. The monoisotopic (exact) mass is 320 g/mol. The summed E-state index contributed by atoms with van der Waals surface area (Å²) in [6.45, 7) is 10.5. The second kappa shape index (κ2) is 9.18. The van der Waals surface area contributed by atoms with Crippen LogP contribution < -0.4 is 10.6 Å². The highest BCUT2D eigenvalue weighted by Crippen LogP contribution is 2.11. The van der Waals surface area contributed by atoms with E-state index in [4.69, 9.17) is 4.74 Å². The highest BCUT2D eigenvalue weighted by Gasteiger charge is 2.17. The molecule has 0 unspecified atom stereocenters. The highest BCUT2D eigenvalue weighted by atomic mass is 16.5. The Hall–Kier alpha value is -2.04. The summed E-state index contributed by atoms with van der Waals surface area (Å²) >= 11 is 0. The van der Waals surface area contributed by atoms with Crippen LogP contribution in [0.25, 0.3) is 0 Å². The predicted octanol–water partition coefficient (Wildman–Crippen LogP) is 3.19. The minimum Gasteiger partial charge on any atom is -0.450 e. The van der Waals surface area contributed by atoms with Gasteiger partial charge in [-0.3, -0.25) is 4.79 Å². The van der Waals surface area contributed by atoms with Crippen LogP contribution in [0.2, 0.25) is 0 Å². The molecule has 0 spiro atoms. The average Bonchev–Trinajstić information content (AvgIpc) is 2.46. The van der Waals surface area contributed by atoms with Crippen molar-refractivity contribution in [2.24, 2.45) is 5.92 Å². The van der Waals surface area contributed by atoms with E-state index in [1.54, 1.807) is 6.92 Å². The fourth-order valence-corrected chi connectivity index (χ4v) is 2.39. The van der Waals surface area contributed by atoms with Gasteiger partial charge >= 0.3 is 6.09 Å². The number of hydrogen-bond donors (Lipinski definition) is 2. The molecule has 1 aromatic carbocycles. The van der Waals surface area contributed by atoms with Crippen molar-refractivity contribution < 1.29 is 14.3 Å². The van der Waals surface area contributed by atoms with E-state index in [0.29, 0.717) is 24.6 Å². The van der Waals surface area contributed by atoms with Crippen LogP contribution in [-0.4, -0.2) is 31.2 Å². The zero-order valence-corrected chi connectivity index (χ0v) is 14.7. The molecular formula is C18H28N2O3. The molecule has 0 heterocycles. The minimum atomic E-state index is -0.445. The van der Waals surface area contributed by atoms with E-state index in [-0.39, 0.29) is 11.9 Å². The molecule has 0 aromatic heterocycles. The van der Waals surface area contributed by atoms with Gasteiger partial charge in [0, 0.05) is 18.2 Å². The summed E-state index contributed by atoms with van der Waals surface area (Å²) < 4.78 is 4.92. The number of alkyl carbamates (subject to hydrolysis) is 1. The number of nitrogens with one attached hydrogen (secondary N) is 2. The summed E-state index contributed by atoms with van der Waals surface area (Å²) in [5.41, 5.74) is 2.65. The first-order valence-corrected chi connectivity index (χ1v) is 8.12. The molecule has 2 N–H and O–H groups in total. The Bertz CT molecular complexity index is 541. The number of rotatable bonds is 7. The molecule has 23 heavy (non-hydrogen) atoms. The van der Waals surface area contributed by atoms with Gasteiger partial charge < -0.3 is 15.4 Å². The second-order valence-corrected chi connectivity index (χ2v) is 6.22. The molecule has 0 aliphatic rings. The van der Waals surface area contributed by atoms with E-state index in [9.17, 15) is 9.59 Å². The maximum Gasteiger partial charge on any atom is 0.407 e. The van der Waals surface area contributed by atoms with Crippen LogP contribution in [-0.2, 0) is 4.74 Å². The molecule has 5 nitrogen and oxygen atoms in total. The fourth-order valence-electron chi connectivity index (χ4n) is 2.39. The minimum absolute atomic E-state index is 0.120. The van der Waals surface area contributed by atoms with Gasteiger partial charge in [-0.25, -0.2) is 4.79 Å². The van der Waals surface area contributed by atoms with Crippen LogP contribution in [0.3, 0.4) is 0 Å². The largest absolute Gasteiger partial charge is 0.450 e. The maximum absolute atomic E-state index is 12.4. The van der Waals surface area contributed by atoms with E-state index in [1.165, 1.54) is 0 Å². The van der Waals surface area contributed by atoms with E-state index in [1.807, 2.05) is 32.0 Å². The third-order valence-corrected chi connectivity index (χ3v) is 3.50. The Morgan fingerprint density at radius 2 is 1.91 bits per heavy atom.